The molecule has 2 N–H and O–H groups in total. The molecule has 0 amide bonds. The van der Waals surface area contributed by atoms with Crippen LogP contribution in [0.3, 0.4) is 0 Å². The fourth-order valence-electron chi connectivity index (χ4n) is 2.99. The molecule has 1 fully saturated rings. The maximum Gasteiger partial charge on any atom is 0.0564 e. The van der Waals surface area contributed by atoms with Gasteiger partial charge < -0.3 is 5.73 Å². The Bertz CT molecular complexity index is 361. The molecular formula is C15H26N2S. The van der Waals surface area contributed by atoms with Crippen molar-refractivity contribution in [2.24, 2.45) is 11.7 Å². The van der Waals surface area contributed by atoms with Gasteiger partial charge in [-0.1, -0.05) is 13.3 Å². The van der Waals surface area contributed by atoms with Crippen LogP contribution in [0.25, 0.3) is 0 Å². The van der Waals surface area contributed by atoms with Crippen molar-refractivity contribution in [2.45, 2.75) is 45.6 Å². The molecule has 1 aliphatic rings. The van der Waals surface area contributed by atoms with Gasteiger partial charge in [0.05, 0.1) is 6.04 Å². The van der Waals surface area contributed by atoms with E-state index in [-0.39, 0.29) is 0 Å². The maximum atomic E-state index is 6.03. The molecule has 1 aromatic rings. The van der Waals surface area contributed by atoms with Crippen LogP contribution >= 0.6 is 11.3 Å². The monoisotopic (exact) mass is 266 g/mol. The molecule has 3 heteroatoms. The van der Waals surface area contributed by atoms with Crippen LogP contribution in [0.1, 0.15) is 48.4 Å². The van der Waals surface area contributed by atoms with E-state index in [1.807, 2.05) is 11.3 Å². The molecule has 18 heavy (non-hydrogen) atoms. The second-order valence-corrected chi connectivity index (χ2v) is 6.76. The average molecular weight is 266 g/mol. The van der Waals surface area contributed by atoms with Crippen LogP contribution in [0.2, 0.25) is 0 Å². The zero-order chi connectivity index (χ0) is 13.0. The molecule has 0 spiro atoms. The van der Waals surface area contributed by atoms with Gasteiger partial charge in [-0.2, -0.15) is 0 Å². The lowest BCUT2D eigenvalue weighted by Gasteiger charge is -2.29. The zero-order valence-corrected chi connectivity index (χ0v) is 12.5. The molecule has 0 aromatic carbocycles. The lowest BCUT2D eigenvalue weighted by molar-refractivity contribution is 0.209. The number of likely N-dealkylation sites (tertiary alicyclic amines) is 1. The first-order chi connectivity index (χ1) is 8.74. The predicted molar refractivity (Wildman–Crippen MR) is 80.1 cm³/mol. The molecule has 2 rings (SSSR count). The molecule has 1 saturated heterocycles. The Balaban J connectivity index is 2.03. The van der Waals surface area contributed by atoms with Gasteiger partial charge in [-0.05, 0) is 57.3 Å². The fraction of sp³-hybridized carbons (Fsp3) is 0.733. The van der Waals surface area contributed by atoms with Gasteiger partial charge >= 0.3 is 0 Å². The van der Waals surface area contributed by atoms with Crippen LogP contribution in [0.4, 0.5) is 0 Å². The smallest absolute Gasteiger partial charge is 0.0564 e. The largest absolute Gasteiger partial charge is 0.329 e. The van der Waals surface area contributed by atoms with Gasteiger partial charge in [0.2, 0.25) is 0 Å². The number of hydrogen-bond acceptors (Lipinski definition) is 3. The third kappa shape index (κ3) is 3.34. The maximum absolute atomic E-state index is 6.03. The van der Waals surface area contributed by atoms with E-state index in [0.29, 0.717) is 6.04 Å². The number of rotatable bonds is 4. The number of thiophene rings is 1. The first kappa shape index (κ1) is 14.0. The lowest BCUT2D eigenvalue weighted by Crippen LogP contribution is -2.34. The van der Waals surface area contributed by atoms with Crippen molar-refractivity contribution in [3.63, 3.8) is 0 Å². The minimum atomic E-state index is 0.444. The molecule has 0 bridgehead atoms. The average Bonchev–Trinajstić information content (AvgIpc) is 2.66. The highest BCUT2D eigenvalue weighted by atomic mass is 32.1. The van der Waals surface area contributed by atoms with E-state index in [4.69, 9.17) is 5.73 Å². The summed E-state index contributed by atoms with van der Waals surface area (Å²) in [5, 5.41) is 0. The van der Waals surface area contributed by atoms with Crippen molar-refractivity contribution in [2.75, 3.05) is 19.6 Å². The van der Waals surface area contributed by atoms with Crippen LogP contribution in [0.15, 0.2) is 12.1 Å². The lowest BCUT2D eigenvalue weighted by atomic mass is 9.98. The van der Waals surface area contributed by atoms with Crippen LogP contribution in [0, 0.1) is 12.8 Å². The van der Waals surface area contributed by atoms with Gasteiger partial charge in [-0.25, -0.2) is 0 Å². The van der Waals surface area contributed by atoms with E-state index in [1.54, 1.807) is 0 Å². The van der Waals surface area contributed by atoms with Crippen molar-refractivity contribution in [3.8, 4) is 0 Å². The quantitative estimate of drug-likeness (QED) is 0.902. The summed E-state index contributed by atoms with van der Waals surface area (Å²) in [6.07, 6.45) is 5.41. The summed E-state index contributed by atoms with van der Waals surface area (Å²) in [5.74, 6) is 0.929. The van der Waals surface area contributed by atoms with Gasteiger partial charge in [0.25, 0.3) is 0 Å². The topological polar surface area (TPSA) is 29.3 Å². The minimum absolute atomic E-state index is 0.444. The molecule has 2 unspecified atom stereocenters. The van der Waals surface area contributed by atoms with E-state index in [2.05, 4.69) is 30.9 Å². The van der Waals surface area contributed by atoms with Crippen molar-refractivity contribution in [1.29, 1.82) is 0 Å². The summed E-state index contributed by atoms with van der Waals surface area (Å²) in [6.45, 7) is 7.68. The Kier molecular flexibility index (Phi) is 5.22. The molecule has 2 nitrogen and oxygen atoms in total. The SMILES string of the molecule is CCC1CCCN(C(CN)c2ccc(C)s2)CC1. The van der Waals surface area contributed by atoms with E-state index < -0.39 is 0 Å². The third-order valence-electron chi connectivity index (χ3n) is 4.21. The van der Waals surface area contributed by atoms with Gasteiger partial charge in [0.1, 0.15) is 0 Å². The van der Waals surface area contributed by atoms with E-state index in [9.17, 15) is 0 Å². The van der Waals surface area contributed by atoms with Crippen LogP contribution in [0.5, 0.6) is 0 Å². The summed E-state index contributed by atoms with van der Waals surface area (Å²) < 4.78 is 0. The van der Waals surface area contributed by atoms with E-state index in [1.165, 1.54) is 48.5 Å². The highest BCUT2D eigenvalue weighted by Crippen LogP contribution is 2.30. The fourth-order valence-corrected chi connectivity index (χ4v) is 4.01. The molecule has 0 aliphatic carbocycles. The Morgan fingerprint density at radius 1 is 1.39 bits per heavy atom. The second-order valence-electron chi connectivity index (χ2n) is 5.44. The summed E-state index contributed by atoms with van der Waals surface area (Å²) in [5.41, 5.74) is 6.03. The van der Waals surface area contributed by atoms with E-state index >= 15 is 0 Å². The van der Waals surface area contributed by atoms with Crippen molar-refractivity contribution in [1.82, 2.24) is 4.90 Å². The van der Waals surface area contributed by atoms with Crippen LogP contribution < -0.4 is 5.73 Å². The van der Waals surface area contributed by atoms with Crippen molar-refractivity contribution in [3.05, 3.63) is 21.9 Å². The molecule has 1 aliphatic heterocycles. The molecule has 102 valence electrons. The Morgan fingerprint density at radius 3 is 2.83 bits per heavy atom. The number of nitrogens with zero attached hydrogens (tertiary/aromatic N) is 1. The van der Waals surface area contributed by atoms with E-state index in [0.717, 1.165) is 12.5 Å². The Labute approximate surface area is 115 Å². The second kappa shape index (κ2) is 6.69. The summed E-state index contributed by atoms with van der Waals surface area (Å²) >= 11 is 1.91. The summed E-state index contributed by atoms with van der Waals surface area (Å²) in [7, 11) is 0. The zero-order valence-electron chi connectivity index (χ0n) is 11.7. The van der Waals surface area contributed by atoms with Crippen molar-refractivity contribution >= 4 is 11.3 Å². The predicted octanol–water partition coefficient (Wildman–Crippen LogP) is 3.57. The number of aryl methyl sites for hydroxylation is 1. The van der Waals surface area contributed by atoms with Crippen LogP contribution in [-0.2, 0) is 0 Å². The number of nitrogens with two attached hydrogens (primary N) is 1. The Morgan fingerprint density at radius 2 is 2.22 bits per heavy atom. The van der Waals surface area contributed by atoms with Gasteiger partial charge in [-0.15, -0.1) is 11.3 Å². The number of hydrogen-bond donors (Lipinski definition) is 1. The van der Waals surface area contributed by atoms with Crippen molar-refractivity contribution < 1.29 is 0 Å². The molecule has 1 aromatic heterocycles. The third-order valence-corrected chi connectivity index (χ3v) is 5.32. The van der Waals surface area contributed by atoms with Gasteiger partial charge in [0.15, 0.2) is 0 Å². The first-order valence-electron chi connectivity index (χ1n) is 7.25. The molecule has 2 atom stereocenters. The van der Waals surface area contributed by atoms with Gasteiger partial charge in [-0.3, -0.25) is 4.90 Å². The highest BCUT2D eigenvalue weighted by Gasteiger charge is 2.23. The summed E-state index contributed by atoms with van der Waals surface area (Å²) in [6, 6.07) is 4.93. The normalized spacial score (nSPS) is 23.8. The highest BCUT2D eigenvalue weighted by molar-refractivity contribution is 7.12. The standard InChI is InChI=1S/C15H26N2S/c1-3-13-5-4-9-17(10-8-13)14(11-16)15-7-6-12(2)18-15/h6-7,13-14H,3-5,8-11,16H2,1-2H3. The van der Waals surface area contributed by atoms with Crippen LogP contribution in [-0.4, -0.2) is 24.5 Å². The molecule has 2 heterocycles. The Hall–Kier alpha value is -0.380. The van der Waals surface area contributed by atoms with Gasteiger partial charge in [0, 0.05) is 16.3 Å². The molecule has 0 radical (unpaired) electrons. The molecular weight excluding hydrogens is 240 g/mol. The molecule has 0 saturated carbocycles. The first-order valence-corrected chi connectivity index (χ1v) is 8.06. The summed E-state index contributed by atoms with van der Waals surface area (Å²) in [4.78, 5) is 5.45. The minimum Gasteiger partial charge on any atom is -0.329 e.